The van der Waals surface area contributed by atoms with Crippen LogP contribution in [0.3, 0.4) is 0 Å². The summed E-state index contributed by atoms with van der Waals surface area (Å²) in [5.74, 6) is -0.307. The Morgan fingerprint density at radius 1 is 0.694 bits per heavy atom. The average molecular weight is 493 g/mol. The third-order valence-corrected chi connectivity index (χ3v) is 6.53. The van der Waals surface area contributed by atoms with Gasteiger partial charge in [-0.3, -0.25) is 0 Å². The molecular formula is C30H36O6. The summed E-state index contributed by atoms with van der Waals surface area (Å²) < 4.78 is 30.7. The summed E-state index contributed by atoms with van der Waals surface area (Å²) in [5.41, 5.74) is 3.12. The summed E-state index contributed by atoms with van der Waals surface area (Å²) >= 11 is 0. The molecule has 0 aromatic heterocycles. The van der Waals surface area contributed by atoms with Gasteiger partial charge in [-0.25, -0.2) is 0 Å². The van der Waals surface area contributed by atoms with E-state index in [1.54, 1.807) is 7.11 Å². The van der Waals surface area contributed by atoms with Crippen LogP contribution in [0.1, 0.15) is 23.6 Å². The first-order chi connectivity index (χ1) is 17.7. The number of methoxy groups -OCH3 is 1. The molecule has 3 aromatic carbocycles. The minimum absolute atomic E-state index is 0.239. The van der Waals surface area contributed by atoms with Crippen molar-refractivity contribution in [3.05, 3.63) is 108 Å². The zero-order chi connectivity index (χ0) is 25.2. The maximum absolute atomic E-state index is 11.5. The summed E-state index contributed by atoms with van der Waals surface area (Å²) in [7, 11) is 1.59. The third kappa shape index (κ3) is 7.23. The smallest absolute Gasteiger partial charge is 0.184 e. The molecule has 1 heterocycles. The molecule has 0 bridgehead atoms. The standard InChI is InChI=1S/C30H36O6/c1-22-27(31)29(35-20-25-16-10-5-11-17-25)26(21-33-18-23-12-6-3-7-13-23)36-30(32-2)28(22)34-19-24-14-8-4-9-15-24/h3-17,22,26-31H,18-21H2,1-2H3/t22?,26?,27?,28?,29-,30+/m0/s1. The second kappa shape index (κ2) is 13.7. The molecule has 0 amide bonds. The Morgan fingerprint density at radius 2 is 1.17 bits per heavy atom. The van der Waals surface area contributed by atoms with Crippen LogP contribution in [0.25, 0.3) is 0 Å². The summed E-state index contributed by atoms with van der Waals surface area (Å²) in [6.07, 6.45) is -3.20. The molecule has 4 unspecified atom stereocenters. The number of benzene rings is 3. The Balaban J connectivity index is 1.49. The maximum atomic E-state index is 11.5. The SMILES string of the molecule is CO[C@@H]1OC(COCc2ccccc2)[C@H](OCc2ccccc2)C(O)C(C)C1OCc1ccccc1. The van der Waals surface area contributed by atoms with Gasteiger partial charge in [0.25, 0.3) is 0 Å². The molecule has 0 spiro atoms. The molecule has 6 atom stereocenters. The quantitative estimate of drug-likeness (QED) is 0.417. The van der Waals surface area contributed by atoms with Gasteiger partial charge in [0.05, 0.1) is 32.5 Å². The number of aliphatic hydroxyl groups is 1. The van der Waals surface area contributed by atoms with E-state index in [1.165, 1.54) is 0 Å². The molecule has 192 valence electrons. The van der Waals surface area contributed by atoms with E-state index in [2.05, 4.69) is 0 Å². The highest BCUT2D eigenvalue weighted by Crippen LogP contribution is 2.31. The van der Waals surface area contributed by atoms with Gasteiger partial charge in [0, 0.05) is 13.0 Å². The number of ether oxygens (including phenoxy) is 5. The van der Waals surface area contributed by atoms with Crippen molar-refractivity contribution in [2.45, 2.75) is 57.5 Å². The van der Waals surface area contributed by atoms with Crippen molar-refractivity contribution >= 4 is 0 Å². The molecule has 1 aliphatic rings. The first kappa shape index (κ1) is 26.5. The number of aliphatic hydroxyl groups excluding tert-OH is 1. The Labute approximate surface area is 213 Å². The summed E-state index contributed by atoms with van der Waals surface area (Å²) in [4.78, 5) is 0. The normalized spacial score (nSPS) is 26.4. The van der Waals surface area contributed by atoms with Gasteiger partial charge in [-0.1, -0.05) is 97.9 Å². The van der Waals surface area contributed by atoms with Crippen LogP contribution in [-0.2, 0) is 43.5 Å². The van der Waals surface area contributed by atoms with Gasteiger partial charge >= 0.3 is 0 Å². The van der Waals surface area contributed by atoms with Gasteiger partial charge in [-0.2, -0.15) is 0 Å². The lowest BCUT2D eigenvalue weighted by atomic mass is 9.92. The van der Waals surface area contributed by atoms with Crippen molar-refractivity contribution in [1.82, 2.24) is 0 Å². The van der Waals surface area contributed by atoms with E-state index in [0.29, 0.717) is 19.8 Å². The molecule has 0 saturated carbocycles. The molecule has 1 aliphatic heterocycles. The van der Waals surface area contributed by atoms with Crippen LogP contribution in [-0.4, -0.2) is 49.5 Å². The molecule has 1 fully saturated rings. The van der Waals surface area contributed by atoms with Crippen molar-refractivity contribution in [3.63, 3.8) is 0 Å². The van der Waals surface area contributed by atoms with Crippen molar-refractivity contribution in [2.24, 2.45) is 5.92 Å². The highest BCUT2D eigenvalue weighted by molar-refractivity contribution is 5.15. The Hall–Kier alpha value is -2.58. The Morgan fingerprint density at radius 3 is 1.67 bits per heavy atom. The Kier molecular flexibility index (Phi) is 10.0. The lowest BCUT2D eigenvalue weighted by Crippen LogP contribution is -2.45. The van der Waals surface area contributed by atoms with Crippen LogP contribution in [0.2, 0.25) is 0 Å². The van der Waals surface area contributed by atoms with Crippen LogP contribution >= 0.6 is 0 Å². The predicted molar refractivity (Wildman–Crippen MR) is 137 cm³/mol. The first-order valence-corrected chi connectivity index (χ1v) is 12.4. The maximum Gasteiger partial charge on any atom is 0.184 e. The summed E-state index contributed by atoms with van der Waals surface area (Å²) in [6, 6.07) is 29.8. The topological polar surface area (TPSA) is 66.4 Å². The number of rotatable bonds is 11. The molecule has 36 heavy (non-hydrogen) atoms. The van der Waals surface area contributed by atoms with Crippen LogP contribution in [0.4, 0.5) is 0 Å². The number of hydrogen-bond acceptors (Lipinski definition) is 6. The van der Waals surface area contributed by atoms with Gasteiger partial charge < -0.3 is 28.8 Å². The average Bonchev–Trinajstić information content (AvgIpc) is 3.02. The minimum Gasteiger partial charge on any atom is -0.390 e. The zero-order valence-electron chi connectivity index (χ0n) is 20.9. The van der Waals surface area contributed by atoms with Gasteiger partial charge in [0.2, 0.25) is 0 Å². The molecule has 4 rings (SSSR count). The van der Waals surface area contributed by atoms with Gasteiger partial charge in [0.1, 0.15) is 18.3 Å². The summed E-state index contributed by atoms with van der Waals surface area (Å²) in [5, 5.41) is 11.5. The van der Waals surface area contributed by atoms with Crippen molar-refractivity contribution in [2.75, 3.05) is 13.7 Å². The van der Waals surface area contributed by atoms with Crippen molar-refractivity contribution < 1.29 is 28.8 Å². The van der Waals surface area contributed by atoms with E-state index < -0.39 is 30.7 Å². The molecule has 6 nitrogen and oxygen atoms in total. The largest absolute Gasteiger partial charge is 0.390 e. The molecule has 3 aromatic rings. The van der Waals surface area contributed by atoms with Gasteiger partial charge in [-0.15, -0.1) is 0 Å². The van der Waals surface area contributed by atoms with E-state index in [0.717, 1.165) is 16.7 Å². The molecule has 0 radical (unpaired) electrons. The fraction of sp³-hybridized carbons (Fsp3) is 0.400. The van der Waals surface area contributed by atoms with Crippen LogP contribution in [0.15, 0.2) is 91.0 Å². The van der Waals surface area contributed by atoms with Crippen molar-refractivity contribution in [3.8, 4) is 0 Å². The van der Waals surface area contributed by atoms with Crippen LogP contribution in [0, 0.1) is 5.92 Å². The fourth-order valence-electron chi connectivity index (χ4n) is 4.45. The van der Waals surface area contributed by atoms with Crippen LogP contribution < -0.4 is 0 Å². The zero-order valence-corrected chi connectivity index (χ0v) is 20.9. The molecule has 1 saturated heterocycles. The lowest BCUT2D eigenvalue weighted by molar-refractivity contribution is -0.236. The minimum atomic E-state index is -0.847. The lowest BCUT2D eigenvalue weighted by Gasteiger charge is -2.31. The second-order valence-corrected chi connectivity index (χ2v) is 9.15. The van der Waals surface area contributed by atoms with Gasteiger partial charge in [0.15, 0.2) is 6.29 Å². The molecule has 1 N–H and O–H groups in total. The third-order valence-electron chi connectivity index (χ3n) is 6.53. The highest BCUT2D eigenvalue weighted by Gasteiger charge is 2.46. The van der Waals surface area contributed by atoms with E-state index in [1.807, 2.05) is 97.9 Å². The van der Waals surface area contributed by atoms with E-state index in [-0.39, 0.29) is 12.5 Å². The van der Waals surface area contributed by atoms with Crippen LogP contribution in [0.5, 0.6) is 0 Å². The monoisotopic (exact) mass is 492 g/mol. The van der Waals surface area contributed by atoms with E-state index >= 15 is 0 Å². The molecular weight excluding hydrogens is 456 g/mol. The molecule has 6 heteroatoms. The first-order valence-electron chi connectivity index (χ1n) is 12.4. The Bertz CT molecular complexity index is 1000. The predicted octanol–water partition coefficient (Wildman–Crippen LogP) is 4.74. The highest BCUT2D eigenvalue weighted by atomic mass is 16.7. The van der Waals surface area contributed by atoms with E-state index in [9.17, 15) is 5.11 Å². The second-order valence-electron chi connectivity index (χ2n) is 9.15. The van der Waals surface area contributed by atoms with Gasteiger partial charge in [-0.05, 0) is 16.7 Å². The molecule has 0 aliphatic carbocycles. The number of hydrogen-bond donors (Lipinski definition) is 1. The van der Waals surface area contributed by atoms with Crippen molar-refractivity contribution in [1.29, 1.82) is 0 Å². The summed E-state index contributed by atoms with van der Waals surface area (Å²) in [6.45, 7) is 3.35. The fourth-order valence-corrected chi connectivity index (χ4v) is 4.45. The van der Waals surface area contributed by atoms with E-state index in [4.69, 9.17) is 23.7 Å².